The number of nitrogens with one attached hydrogen (secondary N) is 2. The van der Waals surface area contributed by atoms with Crippen LogP contribution in [0.1, 0.15) is 46.7 Å². The number of hydrazine groups is 1. The molecule has 2 aromatic carbocycles. The minimum atomic E-state index is -0.515. The Kier molecular flexibility index (Phi) is 7.43. The summed E-state index contributed by atoms with van der Waals surface area (Å²) in [6.45, 7) is 4.40. The standard InChI is InChI=1S/C23H25FN4O4/c1-4-12-32-20-11-6-15(13-21(20)31-3)22(29)26-27-23(30)18-14-25-28(19(18)5-2)17-9-7-16(24)8-10-17/h6-11,13-14H,4-5,12H2,1-3H3,(H,26,29)(H,27,30). The molecule has 8 nitrogen and oxygen atoms in total. The van der Waals surface area contributed by atoms with Crippen molar-refractivity contribution in [2.75, 3.05) is 13.7 Å². The lowest BCUT2D eigenvalue weighted by molar-refractivity contribution is 0.0846. The number of hydrogen-bond acceptors (Lipinski definition) is 5. The van der Waals surface area contributed by atoms with Gasteiger partial charge in [-0.2, -0.15) is 5.10 Å². The van der Waals surface area contributed by atoms with E-state index in [4.69, 9.17) is 9.47 Å². The van der Waals surface area contributed by atoms with E-state index in [0.717, 1.165) is 6.42 Å². The molecule has 3 aromatic rings. The normalized spacial score (nSPS) is 10.5. The molecular weight excluding hydrogens is 415 g/mol. The van der Waals surface area contributed by atoms with Gasteiger partial charge in [0, 0.05) is 5.56 Å². The van der Waals surface area contributed by atoms with Gasteiger partial charge in [0.1, 0.15) is 5.82 Å². The highest BCUT2D eigenvalue weighted by molar-refractivity contribution is 5.99. The number of nitrogens with zero attached hydrogens (tertiary/aromatic N) is 2. The molecule has 0 radical (unpaired) electrons. The number of carbonyl (C=O) groups excluding carboxylic acids is 2. The Labute approximate surface area is 185 Å². The van der Waals surface area contributed by atoms with Crippen LogP contribution >= 0.6 is 0 Å². The molecule has 0 bridgehead atoms. The van der Waals surface area contributed by atoms with Gasteiger partial charge in [0.2, 0.25) is 0 Å². The van der Waals surface area contributed by atoms with Crippen molar-refractivity contribution in [3.8, 4) is 17.2 Å². The van der Waals surface area contributed by atoms with E-state index in [0.29, 0.717) is 47.0 Å². The maximum Gasteiger partial charge on any atom is 0.273 e. The monoisotopic (exact) mass is 440 g/mol. The number of aromatic nitrogens is 2. The van der Waals surface area contributed by atoms with Gasteiger partial charge in [-0.1, -0.05) is 13.8 Å². The Morgan fingerprint density at radius 1 is 1.03 bits per heavy atom. The quantitative estimate of drug-likeness (QED) is 0.524. The van der Waals surface area contributed by atoms with E-state index in [1.807, 2.05) is 13.8 Å². The Balaban J connectivity index is 1.70. The summed E-state index contributed by atoms with van der Waals surface area (Å²) < 4.78 is 25.6. The SMILES string of the molecule is CCCOc1ccc(C(=O)NNC(=O)c2cnn(-c3ccc(F)cc3)c2CC)cc1OC. The number of amides is 2. The van der Waals surface area contributed by atoms with Crippen molar-refractivity contribution in [1.29, 1.82) is 0 Å². The van der Waals surface area contributed by atoms with Crippen LogP contribution in [0.4, 0.5) is 4.39 Å². The van der Waals surface area contributed by atoms with Crippen molar-refractivity contribution in [3.63, 3.8) is 0 Å². The molecule has 0 spiro atoms. The van der Waals surface area contributed by atoms with Crippen LogP contribution in [0.25, 0.3) is 5.69 Å². The summed E-state index contributed by atoms with van der Waals surface area (Å²) in [6, 6.07) is 10.6. The number of benzene rings is 2. The first-order chi connectivity index (χ1) is 15.5. The van der Waals surface area contributed by atoms with Crippen molar-refractivity contribution in [3.05, 3.63) is 71.3 Å². The molecule has 168 valence electrons. The molecule has 0 saturated heterocycles. The Morgan fingerprint density at radius 2 is 1.75 bits per heavy atom. The number of carbonyl (C=O) groups is 2. The van der Waals surface area contributed by atoms with Gasteiger partial charge in [0.15, 0.2) is 11.5 Å². The third-order valence-electron chi connectivity index (χ3n) is 4.70. The van der Waals surface area contributed by atoms with Crippen LogP contribution in [0.5, 0.6) is 11.5 Å². The van der Waals surface area contributed by atoms with Gasteiger partial charge in [-0.15, -0.1) is 0 Å². The molecule has 0 aliphatic rings. The van der Waals surface area contributed by atoms with Crippen LogP contribution in [0, 0.1) is 5.82 Å². The summed E-state index contributed by atoms with van der Waals surface area (Å²) in [4.78, 5) is 25.2. The van der Waals surface area contributed by atoms with E-state index in [9.17, 15) is 14.0 Å². The van der Waals surface area contributed by atoms with E-state index in [-0.39, 0.29) is 5.82 Å². The number of rotatable bonds is 8. The van der Waals surface area contributed by atoms with Crippen molar-refractivity contribution in [1.82, 2.24) is 20.6 Å². The average Bonchev–Trinajstić information content (AvgIpc) is 3.25. The van der Waals surface area contributed by atoms with E-state index in [2.05, 4.69) is 16.0 Å². The minimum absolute atomic E-state index is 0.295. The zero-order valence-corrected chi connectivity index (χ0v) is 18.1. The number of hydrogen-bond donors (Lipinski definition) is 2. The van der Waals surface area contributed by atoms with Crippen LogP contribution in [0.3, 0.4) is 0 Å². The van der Waals surface area contributed by atoms with Gasteiger partial charge >= 0.3 is 0 Å². The molecule has 0 saturated carbocycles. The van der Waals surface area contributed by atoms with Crippen LogP contribution in [0.15, 0.2) is 48.7 Å². The molecule has 0 fully saturated rings. The van der Waals surface area contributed by atoms with Crippen molar-refractivity contribution < 1.29 is 23.5 Å². The second-order valence-corrected chi connectivity index (χ2v) is 6.87. The van der Waals surface area contributed by atoms with Crippen molar-refractivity contribution in [2.24, 2.45) is 0 Å². The molecule has 2 amide bonds. The predicted molar refractivity (Wildman–Crippen MR) is 117 cm³/mol. The van der Waals surface area contributed by atoms with Gasteiger partial charge in [-0.3, -0.25) is 20.4 Å². The first-order valence-corrected chi connectivity index (χ1v) is 10.2. The maximum absolute atomic E-state index is 13.2. The van der Waals surface area contributed by atoms with Crippen LogP contribution in [-0.2, 0) is 6.42 Å². The number of halogens is 1. The summed E-state index contributed by atoms with van der Waals surface area (Å²) in [5.41, 5.74) is 6.66. The van der Waals surface area contributed by atoms with Gasteiger partial charge in [0.25, 0.3) is 11.8 Å². The van der Waals surface area contributed by atoms with Gasteiger partial charge in [-0.25, -0.2) is 9.07 Å². The molecule has 0 atom stereocenters. The molecule has 1 heterocycles. The zero-order valence-electron chi connectivity index (χ0n) is 18.1. The fourth-order valence-corrected chi connectivity index (χ4v) is 3.10. The molecule has 0 unspecified atom stereocenters. The van der Waals surface area contributed by atoms with Gasteiger partial charge < -0.3 is 9.47 Å². The first-order valence-electron chi connectivity index (χ1n) is 10.2. The number of ether oxygens (including phenoxy) is 2. The van der Waals surface area contributed by atoms with Crippen molar-refractivity contribution >= 4 is 11.8 Å². The lowest BCUT2D eigenvalue weighted by Gasteiger charge is -2.12. The molecule has 9 heteroatoms. The van der Waals surface area contributed by atoms with Crippen molar-refractivity contribution in [2.45, 2.75) is 26.7 Å². The third kappa shape index (κ3) is 5.05. The highest BCUT2D eigenvalue weighted by atomic mass is 19.1. The lowest BCUT2D eigenvalue weighted by atomic mass is 10.2. The Bertz CT molecular complexity index is 1100. The topological polar surface area (TPSA) is 94.5 Å². The second kappa shape index (κ2) is 10.4. The first kappa shape index (κ1) is 22.8. The minimum Gasteiger partial charge on any atom is -0.493 e. The largest absolute Gasteiger partial charge is 0.493 e. The van der Waals surface area contributed by atoms with Crippen LogP contribution in [-0.4, -0.2) is 35.3 Å². The molecule has 0 aliphatic heterocycles. The predicted octanol–water partition coefficient (Wildman–Crippen LogP) is 3.45. The van der Waals surface area contributed by atoms with Crippen LogP contribution < -0.4 is 20.3 Å². The molecular formula is C23H25FN4O4. The molecule has 3 rings (SSSR count). The summed E-state index contributed by atoms with van der Waals surface area (Å²) in [6.07, 6.45) is 2.76. The van der Waals surface area contributed by atoms with E-state index < -0.39 is 11.8 Å². The number of methoxy groups -OCH3 is 1. The molecule has 32 heavy (non-hydrogen) atoms. The van der Waals surface area contributed by atoms with Crippen LogP contribution in [0.2, 0.25) is 0 Å². The third-order valence-corrected chi connectivity index (χ3v) is 4.70. The maximum atomic E-state index is 13.2. The fourth-order valence-electron chi connectivity index (χ4n) is 3.10. The second-order valence-electron chi connectivity index (χ2n) is 6.87. The molecule has 1 aromatic heterocycles. The van der Waals surface area contributed by atoms with E-state index >= 15 is 0 Å². The Hall–Kier alpha value is -3.88. The summed E-state index contributed by atoms with van der Waals surface area (Å²) in [5.74, 6) is -0.427. The zero-order chi connectivity index (χ0) is 23.1. The highest BCUT2D eigenvalue weighted by Crippen LogP contribution is 2.28. The fraction of sp³-hybridized carbons (Fsp3) is 0.261. The summed E-state index contributed by atoms with van der Waals surface area (Å²) >= 11 is 0. The molecule has 0 aliphatic carbocycles. The van der Waals surface area contributed by atoms with E-state index in [1.165, 1.54) is 31.5 Å². The van der Waals surface area contributed by atoms with Gasteiger partial charge in [-0.05, 0) is 55.3 Å². The Morgan fingerprint density at radius 3 is 2.41 bits per heavy atom. The average molecular weight is 440 g/mol. The summed E-state index contributed by atoms with van der Waals surface area (Å²) in [5, 5.41) is 4.24. The van der Waals surface area contributed by atoms with E-state index in [1.54, 1.807) is 28.9 Å². The molecule has 2 N–H and O–H groups in total. The summed E-state index contributed by atoms with van der Waals surface area (Å²) in [7, 11) is 1.49. The van der Waals surface area contributed by atoms with Gasteiger partial charge in [0.05, 0.1) is 36.9 Å². The smallest absolute Gasteiger partial charge is 0.273 e. The highest BCUT2D eigenvalue weighted by Gasteiger charge is 2.18. The lowest BCUT2D eigenvalue weighted by Crippen LogP contribution is -2.41.